The van der Waals surface area contributed by atoms with E-state index in [0.717, 1.165) is 37.0 Å². The van der Waals surface area contributed by atoms with E-state index in [-0.39, 0.29) is 17.1 Å². The second kappa shape index (κ2) is 7.43. The minimum atomic E-state index is -0.365. The van der Waals surface area contributed by atoms with E-state index >= 15 is 0 Å². The van der Waals surface area contributed by atoms with Crippen molar-refractivity contribution in [1.29, 1.82) is 0 Å². The fourth-order valence-electron chi connectivity index (χ4n) is 4.35. The van der Waals surface area contributed by atoms with Crippen LogP contribution in [0.2, 0.25) is 0 Å². The van der Waals surface area contributed by atoms with E-state index in [1.165, 1.54) is 10.6 Å². The van der Waals surface area contributed by atoms with Gasteiger partial charge in [0.15, 0.2) is 0 Å². The second-order valence-corrected chi connectivity index (χ2v) is 7.98. The number of aromatic nitrogens is 1. The van der Waals surface area contributed by atoms with E-state index < -0.39 is 0 Å². The maximum absolute atomic E-state index is 13.3. The normalized spacial score (nSPS) is 24.4. The number of amides is 1. The highest BCUT2D eigenvalue weighted by Crippen LogP contribution is 2.38. The minimum Gasteiger partial charge on any atom is -0.485 e. The Labute approximate surface area is 165 Å². The van der Waals surface area contributed by atoms with Crippen LogP contribution in [0, 0.1) is 0 Å². The third-order valence-electron chi connectivity index (χ3n) is 6.06. The quantitative estimate of drug-likeness (QED) is 0.867. The number of hydrogen-bond donors (Lipinski definition) is 1. The fourth-order valence-corrected chi connectivity index (χ4v) is 4.35. The molecule has 4 rings (SSSR count). The number of fused-ring (bicyclic) bond motifs is 1. The van der Waals surface area contributed by atoms with E-state index in [0.29, 0.717) is 24.7 Å². The number of nitrogens with one attached hydrogen (secondary N) is 1. The van der Waals surface area contributed by atoms with Crippen molar-refractivity contribution >= 4 is 5.91 Å². The summed E-state index contributed by atoms with van der Waals surface area (Å²) < 4.78 is 8.01. The van der Waals surface area contributed by atoms with Crippen LogP contribution in [-0.4, -0.2) is 40.6 Å². The second-order valence-electron chi connectivity index (χ2n) is 7.98. The summed E-state index contributed by atoms with van der Waals surface area (Å²) in [7, 11) is 3.67. The van der Waals surface area contributed by atoms with Crippen molar-refractivity contribution in [3.8, 4) is 5.75 Å². The minimum absolute atomic E-state index is 0.0639. The molecule has 2 aliphatic rings. The molecule has 148 valence electrons. The SMILES string of the molecule is CNC1CCC2(CC1)CN(C(=O)c1ccc(=O)n(C)c1)Cc1ccccc1O2. The predicted molar refractivity (Wildman–Crippen MR) is 108 cm³/mol. The summed E-state index contributed by atoms with van der Waals surface area (Å²) in [5, 5.41) is 3.36. The number of rotatable bonds is 2. The summed E-state index contributed by atoms with van der Waals surface area (Å²) in [5.41, 5.74) is 1.06. The van der Waals surface area contributed by atoms with Crippen LogP contribution in [0.15, 0.2) is 47.4 Å². The molecule has 1 saturated carbocycles. The zero-order valence-corrected chi connectivity index (χ0v) is 16.5. The molecule has 1 fully saturated rings. The number of carbonyl (C=O) groups is 1. The van der Waals surface area contributed by atoms with Crippen molar-refractivity contribution in [1.82, 2.24) is 14.8 Å². The molecule has 0 bridgehead atoms. The zero-order chi connectivity index (χ0) is 19.7. The number of hydrogen-bond acceptors (Lipinski definition) is 4. The lowest BCUT2D eigenvalue weighted by Crippen LogP contribution is -2.51. The van der Waals surface area contributed by atoms with Gasteiger partial charge in [0.05, 0.1) is 12.1 Å². The van der Waals surface area contributed by atoms with Crippen molar-refractivity contribution < 1.29 is 9.53 Å². The first-order valence-corrected chi connectivity index (χ1v) is 9.90. The van der Waals surface area contributed by atoms with Crippen molar-refractivity contribution in [2.45, 2.75) is 43.9 Å². The van der Waals surface area contributed by atoms with Gasteiger partial charge < -0.3 is 19.5 Å². The number of carbonyl (C=O) groups excluding carboxylic acids is 1. The lowest BCUT2D eigenvalue weighted by Gasteiger charge is -2.41. The summed E-state index contributed by atoms with van der Waals surface area (Å²) in [5.74, 6) is 0.812. The molecule has 1 aromatic carbocycles. The lowest BCUT2D eigenvalue weighted by molar-refractivity contribution is 0.000411. The third-order valence-corrected chi connectivity index (χ3v) is 6.06. The molecule has 0 atom stereocenters. The molecule has 2 aromatic rings. The zero-order valence-electron chi connectivity index (χ0n) is 16.5. The predicted octanol–water partition coefficient (Wildman–Crippen LogP) is 2.32. The Kier molecular flexibility index (Phi) is 4.98. The molecule has 1 aliphatic heterocycles. The molecule has 1 amide bonds. The highest BCUT2D eigenvalue weighted by atomic mass is 16.5. The number of aryl methyl sites for hydroxylation is 1. The standard InChI is InChI=1S/C22H27N3O3/c1-23-18-9-11-22(12-10-18)15-25(14-16-5-3-4-6-19(16)28-22)21(27)17-7-8-20(26)24(2)13-17/h3-8,13,18,23H,9-12,14-15H2,1-2H3. The first-order chi connectivity index (χ1) is 13.5. The van der Waals surface area contributed by atoms with Gasteiger partial charge in [-0.3, -0.25) is 9.59 Å². The number of ether oxygens (including phenoxy) is 1. The van der Waals surface area contributed by atoms with Gasteiger partial charge in [-0.2, -0.15) is 0 Å². The molecular formula is C22H27N3O3. The smallest absolute Gasteiger partial charge is 0.255 e. The van der Waals surface area contributed by atoms with Gasteiger partial charge in [0.2, 0.25) is 5.56 Å². The Morgan fingerprint density at radius 3 is 2.64 bits per heavy atom. The highest BCUT2D eigenvalue weighted by Gasteiger charge is 2.42. The van der Waals surface area contributed by atoms with Crippen LogP contribution in [0.25, 0.3) is 0 Å². The molecule has 1 spiro atoms. The van der Waals surface area contributed by atoms with Crippen LogP contribution >= 0.6 is 0 Å². The van der Waals surface area contributed by atoms with Crippen LogP contribution in [0.1, 0.15) is 41.6 Å². The molecule has 2 heterocycles. The van der Waals surface area contributed by atoms with Gasteiger partial charge in [0.1, 0.15) is 11.4 Å². The summed E-state index contributed by atoms with van der Waals surface area (Å²) in [6.45, 7) is 1.06. The maximum Gasteiger partial charge on any atom is 0.255 e. The largest absolute Gasteiger partial charge is 0.485 e. The van der Waals surface area contributed by atoms with E-state index in [1.54, 1.807) is 19.3 Å². The number of para-hydroxylation sites is 1. The van der Waals surface area contributed by atoms with Crippen LogP contribution in [0.4, 0.5) is 0 Å². The van der Waals surface area contributed by atoms with Crippen LogP contribution in [0.5, 0.6) is 5.75 Å². The van der Waals surface area contributed by atoms with Gasteiger partial charge in [-0.15, -0.1) is 0 Å². The molecule has 1 N–H and O–H groups in total. The molecule has 0 saturated heterocycles. The van der Waals surface area contributed by atoms with Crippen molar-refractivity contribution in [3.63, 3.8) is 0 Å². The van der Waals surface area contributed by atoms with Gasteiger partial charge >= 0.3 is 0 Å². The molecule has 0 unspecified atom stereocenters. The first-order valence-electron chi connectivity index (χ1n) is 9.90. The van der Waals surface area contributed by atoms with Crippen LogP contribution in [0.3, 0.4) is 0 Å². The van der Waals surface area contributed by atoms with E-state index in [9.17, 15) is 9.59 Å². The van der Waals surface area contributed by atoms with Crippen LogP contribution in [-0.2, 0) is 13.6 Å². The van der Waals surface area contributed by atoms with Crippen molar-refractivity contribution in [2.24, 2.45) is 7.05 Å². The fraction of sp³-hybridized carbons (Fsp3) is 0.455. The van der Waals surface area contributed by atoms with Gasteiger partial charge in [0, 0.05) is 37.5 Å². The Morgan fingerprint density at radius 2 is 1.93 bits per heavy atom. The molecule has 1 aromatic heterocycles. The molecule has 28 heavy (non-hydrogen) atoms. The van der Waals surface area contributed by atoms with Gasteiger partial charge in [-0.25, -0.2) is 0 Å². The number of benzene rings is 1. The topological polar surface area (TPSA) is 63.6 Å². The average molecular weight is 381 g/mol. The Hall–Kier alpha value is -2.60. The summed E-state index contributed by atoms with van der Waals surface area (Å²) in [6, 6.07) is 11.6. The Bertz CT molecular complexity index is 929. The van der Waals surface area contributed by atoms with Gasteiger partial charge in [0.25, 0.3) is 5.91 Å². The summed E-state index contributed by atoms with van der Waals surface area (Å²) >= 11 is 0. The number of pyridine rings is 1. The van der Waals surface area contributed by atoms with E-state index in [1.807, 2.05) is 36.2 Å². The third kappa shape index (κ3) is 3.56. The van der Waals surface area contributed by atoms with E-state index in [2.05, 4.69) is 5.32 Å². The highest BCUT2D eigenvalue weighted by molar-refractivity contribution is 5.94. The van der Waals surface area contributed by atoms with E-state index in [4.69, 9.17) is 4.74 Å². The van der Waals surface area contributed by atoms with Crippen molar-refractivity contribution in [3.05, 3.63) is 64.1 Å². The lowest BCUT2D eigenvalue weighted by atomic mass is 9.81. The summed E-state index contributed by atoms with van der Waals surface area (Å²) in [4.78, 5) is 26.9. The van der Waals surface area contributed by atoms with Gasteiger partial charge in [-0.05, 0) is 44.9 Å². The first kappa shape index (κ1) is 18.7. The molecule has 6 heteroatoms. The molecule has 6 nitrogen and oxygen atoms in total. The average Bonchev–Trinajstić information content (AvgIpc) is 2.86. The van der Waals surface area contributed by atoms with Crippen molar-refractivity contribution in [2.75, 3.05) is 13.6 Å². The maximum atomic E-state index is 13.3. The Morgan fingerprint density at radius 1 is 1.18 bits per heavy atom. The molecule has 0 radical (unpaired) electrons. The Balaban J connectivity index is 1.67. The monoisotopic (exact) mass is 381 g/mol. The number of nitrogens with zero attached hydrogens (tertiary/aromatic N) is 2. The molecular weight excluding hydrogens is 354 g/mol. The van der Waals surface area contributed by atoms with Crippen LogP contribution < -0.4 is 15.6 Å². The summed E-state index contributed by atoms with van der Waals surface area (Å²) in [6.07, 6.45) is 5.49. The molecule has 1 aliphatic carbocycles. The van der Waals surface area contributed by atoms with Gasteiger partial charge in [-0.1, -0.05) is 18.2 Å².